The number of hydrogen-bond acceptors (Lipinski definition) is 4. The van der Waals surface area contributed by atoms with Crippen molar-refractivity contribution in [2.45, 2.75) is 32.1 Å². The van der Waals surface area contributed by atoms with Gasteiger partial charge in [0.25, 0.3) is 0 Å². The van der Waals surface area contributed by atoms with E-state index in [0.717, 1.165) is 12.8 Å². The summed E-state index contributed by atoms with van der Waals surface area (Å²) in [6.07, 6.45) is 1.87. The number of nitrogens with one attached hydrogen (secondary N) is 1. The van der Waals surface area contributed by atoms with Gasteiger partial charge in [-0.1, -0.05) is 24.3 Å². The van der Waals surface area contributed by atoms with Gasteiger partial charge in [-0.05, 0) is 61.1 Å². The first-order valence-electron chi connectivity index (χ1n) is 8.48. The monoisotopic (exact) mass is 339 g/mol. The lowest BCUT2D eigenvalue weighted by molar-refractivity contribution is -0.134. The maximum absolute atomic E-state index is 12.2. The molecule has 1 aliphatic rings. The van der Waals surface area contributed by atoms with Gasteiger partial charge in [-0.2, -0.15) is 0 Å². The Balaban J connectivity index is 1.54. The quantitative estimate of drug-likeness (QED) is 0.652. The van der Waals surface area contributed by atoms with Gasteiger partial charge >= 0.3 is 12.1 Å². The molecule has 2 aromatic carbocycles. The molecule has 0 saturated carbocycles. The highest BCUT2D eigenvalue weighted by Crippen LogP contribution is 2.35. The zero-order chi connectivity index (χ0) is 17.6. The number of benzene rings is 2. The van der Waals surface area contributed by atoms with Gasteiger partial charge in [-0.25, -0.2) is 4.79 Å². The van der Waals surface area contributed by atoms with Crippen molar-refractivity contribution >= 4 is 17.7 Å². The summed E-state index contributed by atoms with van der Waals surface area (Å²) in [6.45, 7) is 2.05. The first-order valence-corrected chi connectivity index (χ1v) is 8.48. The average molecular weight is 339 g/mol. The lowest BCUT2D eigenvalue weighted by Crippen LogP contribution is -2.13. The Bertz CT molecular complexity index is 755. The Morgan fingerprint density at radius 1 is 1.12 bits per heavy atom. The van der Waals surface area contributed by atoms with E-state index >= 15 is 0 Å². The SMILES string of the molecule is CCOC(=O)Nc1ccc(OC(=O)CC2CCc3ccccc32)cc1. The highest BCUT2D eigenvalue weighted by Gasteiger charge is 2.25. The number of carbonyl (C=O) groups excluding carboxylic acids is 2. The molecule has 2 aromatic rings. The molecule has 0 radical (unpaired) electrons. The summed E-state index contributed by atoms with van der Waals surface area (Å²) < 4.78 is 10.2. The van der Waals surface area contributed by atoms with E-state index in [9.17, 15) is 9.59 Å². The van der Waals surface area contributed by atoms with Crippen LogP contribution in [0.1, 0.15) is 36.8 Å². The van der Waals surface area contributed by atoms with Crippen molar-refractivity contribution < 1.29 is 19.1 Å². The minimum Gasteiger partial charge on any atom is -0.450 e. The fourth-order valence-corrected chi connectivity index (χ4v) is 3.12. The molecule has 0 heterocycles. The molecular formula is C20H21NO4. The van der Waals surface area contributed by atoms with Gasteiger partial charge in [0, 0.05) is 5.69 Å². The first-order chi connectivity index (χ1) is 12.2. The molecule has 1 aliphatic carbocycles. The molecule has 5 heteroatoms. The lowest BCUT2D eigenvalue weighted by atomic mass is 9.98. The van der Waals surface area contributed by atoms with Crippen molar-refractivity contribution in [1.82, 2.24) is 0 Å². The Kier molecular flexibility index (Phi) is 5.33. The van der Waals surface area contributed by atoms with E-state index in [-0.39, 0.29) is 11.9 Å². The molecule has 25 heavy (non-hydrogen) atoms. The molecule has 130 valence electrons. The van der Waals surface area contributed by atoms with E-state index in [2.05, 4.69) is 17.4 Å². The standard InChI is InChI=1S/C20H21NO4/c1-2-24-20(23)21-16-9-11-17(12-10-16)25-19(22)13-15-8-7-14-5-3-4-6-18(14)15/h3-6,9-12,15H,2,7-8,13H2,1H3,(H,21,23). The van der Waals surface area contributed by atoms with Crippen LogP contribution in [0.25, 0.3) is 0 Å². The van der Waals surface area contributed by atoms with E-state index < -0.39 is 6.09 Å². The molecule has 0 aromatic heterocycles. The Labute approximate surface area is 147 Å². The van der Waals surface area contributed by atoms with Crippen LogP contribution in [-0.2, 0) is 16.0 Å². The summed E-state index contributed by atoms with van der Waals surface area (Å²) >= 11 is 0. The molecule has 0 spiro atoms. The summed E-state index contributed by atoms with van der Waals surface area (Å²) in [5.41, 5.74) is 3.17. The van der Waals surface area contributed by atoms with Crippen LogP contribution >= 0.6 is 0 Å². The van der Waals surface area contributed by atoms with Crippen molar-refractivity contribution in [3.8, 4) is 5.75 Å². The van der Waals surface area contributed by atoms with E-state index in [4.69, 9.17) is 9.47 Å². The van der Waals surface area contributed by atoms with Crippen molar-refractivity contribution in [3.05, 3.63) is 59.7 Å². The predicted octanol–water partition coefficient (Wildman–Crippen LogP) is 4.28. The largest absolute Gasteiger partial charge is 0.450 e. The molecule has 3 rings (SSSR count). The highest BCUT2D eigenvalue weighted by molar-refractivity contribution is 5.84. The molecule has 0 aliphatic heterocycles. The normalized spacial score (nSPS) is 15.3. The van der Waals surface area contributed by atoms with E-state index in [1.54, 1.807) is 31.2 Å². The summed E-state index contributed by atoms with van der Waals surface area (Å²) in [6, 6.07) is 14.9. The van der Waals surface area contributed by atoms with Crippen molar-refractivity contribution in [2.75, 3.05) is 11.9 Å². The third kappa shape index (κ3) is 4.38. The van der Waals surface area contributed by atoms with Crippen LogP contribution in [0, 0.1) is 0 Å². The second kappa shape index (κ2) is 7.83. The number of hydrogen-bond donors (Lipinski definition) is 1. The summed E-state index contributed by atoms with van der Waals surface area (Å²) in [7, 11) is 0. The Morgan fingerprint density at radius 2 is 1.88 bits per heavy atom. The van der Waals surface area contributed by atoms with Crippen LogP contribution in [0.2, 0.25) is 0 Å². The number of amides is 1. The molecule has 0 fully saturated rings. The second-order valence-corrected chi connectivity index (χ2v) is 5.98. The predicted molar refractivity (Wildman–Crippen MR) is 94.8 cm³/mol. The van der Waals surface area contributed by atoms with Gasteiger partial charge in [0.2, 0.25) is 0 Å². The van der Waals surface area contributed by atoms with E-state index in [1.165, 1.54) is 11.1 Å². The van der Waals surface area contributed by atoms with Gasteiger partial charge in [0.15, 0.2) is 0 Å². The number of carbonyl (C=O) groups is 2. The topological polar surface area (TPSA) is 64.6 Å². The third-order valence-corrected chi connectivity index (χ3v) is 4.28. The molecule has 1 unspecified atom stereocenters. The maximum atomic E-state index is 12.2. The number of anilines is 1. The number of fused-ring (bicyclic) bond motifs is 1. The van der Waals surface area contributed by atoms with Crippen LogP contribution in [0.4, 0.5) is 10.5 Å². The maximum Gasteiger partial charge on any atom is 0.411 e. The number of aryl methyl sites for hydroxylation is 1. The molecular weight excluding hydrogens is 318 g/mol. The molecule has 1 N–H and O–H groups in total. The minimum absolute atomic E-state index is 0.230. The van der Waals surface area contributed by atoms with Crippen LogP contribution < -0.4 is 10.1 Å². The molecule has 1 amide bonds. The van der Waals surface area contributed by atoms with Crippen molar-refractivity contribution in [2.24, 2.45) is 0 Å². The molecule has 1 atom stereocenters. The number of ether oxygens (including phenoxy) is 2. The number of rotatable bonds is 5. The fraction of sp³-hybridized carbons (Fsp3) is 0.300. The van der Waals surface area contributed by atoms with Crippen molar-refractivity contribution in [1.29, 1.82) is 0 Å². The highest BCUT2D eigenvalue weighted by atomic mass is 16.5. The Hall–Kier alpha value is -2.82. The zero-order valence-electron chi connectivity index (χ0n) is 14.2. The van der Waals surface area contributed by atoms with Gasteiger partial charge in [-0.3, -0.25) is 10.1 Å². The second-order valence-electron chi connectivity index (χ2n) is 5.98. The van der Waals surface area contributed by atoms with Crippen LogP contribution in [-0.4, -0.2) is 18.7 Å². The van der Waals surface area contributed by atoms with Crippen LogP contribution in [0.15, 0.2) is 48.5 Å². The number of esters is 1. The molecule has 0 bridgehead atoms. The van der Waals surface area contributed by atoms with Gasteiger partial charge < -0.3 is 9.47 Å². The van der Waals surface area contributed by atoms with Crippen LogP contribution in [0.3, 0.4) is 0 Å². The van der Waals surface area contributed by atoms with Crippen LogP contribution in [0.5, 0.6) is 5.75 Å². The van der Waals surface area contributed by atoms with Crippen molar-refractivity contribution in [3.63, 3.8) is 0 Å². The third-order valence-electron chi connectivity index (χ3n) is 4.28. The average Bonchev–Trinajstić information content (AvgIpc) is 3.00. The lowest BCUT2D eigenvalue weighted by Gasteiger charge is -2.11. The van der Waals surface area contributed by atoms with E-state index in [0.29, 0.717) is 24.5 Å². The summed E-state index contributed by atoms with van der Waals surface area (Å²) in [4.78, 5) is 23.6. The van der Waals surface area contributed by atoms with Gasteiger partial charge in [-0.15, -0.1) is 0 Å². The molecule has 5 nitrogen and oxygen atoms in total. The smallest absolute Gasteiger partial charge is 0.411 e. The fourth-order valence-electron chi connectivity index (χ4n) is 3.12. The Morgan fingerprint density at radius 3 is 2.64 bits per heavy atom. The van der Waals surface area contributed by atoms with Gasteiger partial charge in [0.1, 0.15) is 5.75 Å². The molecule has 0 saturated heterocycles. The van der Waals surface area contributed by atoms with E-state index in [1.807, 2.05) is 12.1 Å². The first kappa shape index (κ1) is 17.0. The van der Waals surface area contributed by atoms with Gasteiger partial charge in [0.05, 0.1) is 13.0 Å². The minimum atomic E-state index is -0.507. The summed E-state index contributed by atoms with van der Waals surface area (Å²) in [5.74, 6) is 0.451. The zero-order valence-corrected chi connectivity index (χ0v) is 14.2. The summed E-state index contributed by atoms with van der Waals surface area (Å²) in [5, 5.41) is 2.59.